The predicted molar refractivity (Wildman–Crippen MR) is 87.9 cm³/mol. The molecule has 0 spiro atoms. The lowest BCUT2D eigenvalue weighted by atomic mass is 9.86. The molecule has 2 aliphatic rings. The molecule has 1 N–H and O–H groups in total. The van der Waals surface area contributed by atoms with Crippen LogP contribution in [0.2, 0.25) is 0 Å². The van der Waals surface area contributed by atoms with Crippen LogP contribution in [0.4, 0.5) is 0 Å². The van der Waals surface area contributed by atoms with E-state index in [2.05, 4.69) is 57.3 Å². The molecule has 1 aromatic carbocycles. The maximum absolute atomic E-state index is 3.58. The molecule has 2 aliphatic heterocycles. The zero-order valence-corrected chi connectivity index (χ0v) is 13.9. The summed E-state index contributed by atoms with van der Waals surface area (Å²) < 4.78 is 1.18. The largest absolute Gasteiger partial charge is 0.315 e. The van der Waals surface area contributed by atoms with Gasteiger partial charge in [0.1, 0.15) is 0 Å². The Hall–Kier alpha value is -0.380. The Kier molecular flexibility index (Phi) is 4.79. The number of likely N-dealkylation sites (tertiary alicyclic amines) is 1. The van der Waals surface area contributed by atoms with Gasteiger partial charge in [-0.25, -0.2) is 0 Å². The maximum atomic E-state index is 3.58. The molecule has 2 nitrogen and oxygen atoms in total. The van der Waals surface area contributed by atoms with Gasteiger partial charge < -0.3 is 5.32 Å². The highest BCUT2D eigenvalue weighted by Crippen LogP contribution is 2.36. The molecule has 0 amide bonds. The Morgan fingerprint density at radius 1 is 1.20 bits per heavy atom. The lowest BCUT2D eigenvalue weighted by molar-refractivity contribution is 0.0587. The van der Waals surface area contributed by atoms with Gasteiger partial charge in [-0.2, -0.15) is 0 Å². The highest BCUT2D eigenvalue weighted by Gasteiger charge is 2.32. The molecular weight excluding hydrogens is 312 g/mol. The van der Waals surface area contributed by atoms with E-state index in [-0.39, 0.29) is 0 Å². The van der Waals surface area contributed by atoms with Crippen LogP contribution in [0.25, 0.3) is 0 Å². The minimum absolute atomic E-state index is 0.608. The van der Waals surface area contributed by atoms with Crippen LogP contribution < -0.4 is 5.32 Å². The number of halogens is 1. The number of hydrogen-bond donors (Lipinski definition) is 1. The zero-order valence-electron chi connectivity index (χ0n) is 12.3. The molecule has 2 saturated heterocycles. The van der Waals surface area contributed by atoms with Crippen LogP contribution in [-0.2, 0) is 0 Å². The van der Waals surface area contributed by atoms with Gasteiger partial charge in [0.25, 0.3) is 0 Å². The van der Waals surface area contributed by atoms with E-state index in [9.17, 15) is 0 Å². The summed E-state index contributed by atoms with van der Waals surface area (Å²) >= 11 is 3.55. The first kappa shape index (κ1) is 14.6. The molecule has 0 aromatic heterocycles. The standard InChI is InChI=1S/C17H25BrN2/c1-13-8-10-20(16-3-2-9-19-12-16)17(11-13)14-4-6-15(18)7-5-14/h4-7,13,16-17,19H,2-3,8-12H2,1H3. The van der Waals surface area contributed by atoms with Crippen molar-refractivity contribution in [2.24, 2.45) is 5.92 Å². The van der Waals surface area contributed by atoms with Crippen molar-refractivity contribution in [2.75, 3.05) is 19.6 Å². The van der Waals surface area contributed by atoms with Crippen LogP contribution in [0.1, 0.15) is 44.2 Å². The molecule has 3 rings (SSSR count). The van der Waals surface area contributed by atoms with E-state index in [0.717, 1.165) is 12.0 Å². The first-order valence-electron chi connectivity index (χ1n) is 7.96. The van der Waals surface area contributed by atoms with Crippen LogP contribution in [0, 0.1) is 5.92 Å². The average molecular weight is 337 g/mol. The molecule has 20 heavy (non-hydrogen) atoms. The van der Waals surface area contributed by atoms with Crippen molar-refractivity contribution < 1.29 is 0 Å². The van der Waals surface area contributed by atoms with Crippen LogP contribution in [-0.4, -0.2) is 30.6 Å². The third-order valence-electron chi connectivity index (χ3n) is 4.90. The molecule has 3 unspecified atom stereocenters. The monoisotopic (exact) mass is 336 g/mol. The third kappa shape index (κ3) is 3.26. The fraction of sp³-hybridized carbons (Fsp3) is 0.647. The molecule has 2 fully saturated rings. The smallest absolute Gasteiger partial charge is 0.0354 e. The molecule has 0 radical (unpaired) electrons. The highest BCUT2D eigenvalue weighted by atomic mass is 79.9. The number of nitrogens with one attached hydrogen (secondary N) is 1. The van der Waals surface area contributed by atoms with Gasteiger partial charge in [0.05, 0.1) is 0 Å². The van der Waals surface area contributed by atoms with E-state index in [4.69, 9.17) is 0 Å². The Bertz CT molecular complexity index is 425. The number of piperidine rings is 2. The summed E-state index contributed by atoms with van der Waals surface area (Å²) in [4.78, 5) is 2.77. The van der Waals surface area contributed by atoms with Crippen molar-refractivity contribution in [2.45, 2.75) is 44.7 Å². The molecule has 0 aliphatic carbocycles. The first-order valence-corrected chi connectivity index (χ1v) is 8.75. The number of benzene rings is 1. The van der Waals surface area contributed by atoms with Gasteiger partial charge >= 0.3 is 0 Å². The van der Waals surface area contributed by atoms with Crippen LogP contribution in [0.15, 0.2) is 28.7 Å². The summed E-state index contributed by atoms with van der Waals surface area (Å²) in [5.74, 6) is 0.844. The van der Waals surface area contributed by atoms with Crippen molar-refractivity contribution in [1.82, 2.24) is 10.2 Å². The van der Waals surface area contributed by atoms with Crippen molar-refractivity contribution in [1.29, 1.82) is 0 Å². The Morgan fingerprint density at radius 3 is 2.70 bits per heavy atom. The molecule has 1 aromatic rings. The normalized spacial score (nSPS) is 32.2. The second-order valence-corrected chi connectivity index (χ2v) is 7.35. The summed E-state index contributed by atoms with van der Waals surface area (Å²) in [5, 5.41) is 3.58. The van der Waals surface area contributed by atoms with Gasteiger partial charge in [-0.1, -0.05) is 35.0 Å². The van der Waals surface area contributed by atoms with E-state index >= 15 is 0 Å². The maximum Gasteiger partial charge on any atom is 0.0354 e. The van der Waals surface area contributed by atoms with Gasteiger partial charge in [0.15, 0.2) is 0 Å². The number of hydrogen-bond acceptors (Lipinski definition) is 2. The molecular formula is C17H25BrN2. The molecule has 110 valence electrons. The van der Waals surface area contributed by atoms with Crippen LogP contribution in [0.5, 0.6) is 0 Å². The summed E-state index contributed by atoms with van der Waals surface area (Å²) in [6.45, 7) is 6.03. The number of nitrogens with zero attached hydrogens (tertiary/aromatic N) is 1. The van der Waals surface area contributed by atoms with E-state index in [0.29, 0.717) is 6.04 Å². The Balaban J connectivity index is 1.80. The minimum atomic E-state index is 0.608. The van der Waals surface area contributed by atoms with Crippen molar-refractivity contribution >= 4 is 15.9 Å². The average Bonchev–Trinajstić information content (AvgIpc) is 2.49. The topological polar surface area (TPSA) is 15.3 Å². The van der Waals surface area contributed by atoms with E-state index in [1.165, 1.54) is 55.4 Å². The summed E-state index contributed by atoms with van der Waals surface area (Å²) in [6.07, 6.45) is 5.33. The molecule has 3 atom stereocenters. The lowest BCUT2D eigenvalue weighted by Gasteiger charge is -2.45. The molecule has 2 heterocycles. The van der Waals surface area contributed by atoms with Gasteiger partial charge in [-0.15, -0.1) is 0 Å². The van der Waals surface area contributed by atoms with E-state index < -0.39 is 0 Å². The van der Waals surface area contributed by atoms with Crippen molar-refractivity contribution in [3.05, 3.63) is 34.3 Å². The quantitative estimate of drug-likeness (QED) is 0.878. The van der Waals surface area contributed by atoms with Gasteiger partial charge in [0, 0.05) is 23.1 Å². The fourth-order valence-electron chi connectivity index (χ4n) is 3.73. The zero-order chi connectivity index (χ0) is 13.9. The third-order valence-corrected chi connectivity index (χ3v) is 5.43. The minimum Gasteiger partial charge on any atom is -0.315 e. The molecule has 0 saturated carbocycles. The second kappa shape index (κ2) is 6.59. The first-order chi connectivity index (χ1) is 9.74. The highest BCUT2D eigenvalue weighted by molar-refractivity contribution is 9.10. The Labute approximate surface area is 131 Å². The van der Waals surface area contributed by atoms with Crippen LogP contribution in [0.3, 0.4) is 0 Å². The predicted octanol–water partition coefficient (Wildman–Crippen LogP) is 3.97. The second-order valence-electron chi connectivity index (χ2n) is 6.43. The van der Waals surface area contributed by atoms with Gasteiger partial charge in [-0.05, 0) is 62.4 Å². The summed E-state index contributed by atoms with van der Waals surface area (Å²) in [5.41, 5.74) is 1.49. The number of rotatable bonds is 2. The fourth-order valence-corrected chi connectivity index (χ4v) is 3.99. The lowest BCUT2D eigenvalue weighted by Crippen LogP contribution is -2.50. The van der Waals surface area contributed by atoms with E-state index in [1.807, 2.05) is 0 Å². The van der Waals surface area contributed by atoms with E-state index in [1.54, 1.807) is 0 Å². The van der Waals surface area contributed by atoms with Crippen molar-refractivity contribution in [3.63, 3.8) is 0 Å². The Morgan fingerprint density at radius 2 is 2.00 bits per heavy atom. The SMILES string of the molecule is CC1CCN(C2CCCNC2)C(c2ccc(Br)cc2)C1. The van der Waals surface area contributed by atoms with Gasteiger partial charge in [0.2, 0.25) is 0 Å². The van der Waals surface area contributed by atoms with Crippen molar-refractivity contribution in [3.8, 4) is 0 Å². The summed E-state index contributed by atoms with van der Waals surface area (Å²) in [6, 6.07) is 10.3. The molecule has 0 bridgehead atoms. The molecule has 3 heteroatoms. The van der Waals surface area contributed by atoms with Gasteiger partial charge in [-0.3, -0.25) is 4.90 Å². The summed E-state index contributed by atoms with van der Waals surface area (Å²) in [7, 11) is 0. The van der Waals surface area contributed by atoms with Crippen LogP contribution >= 0.6 is 15.9 Å².